The molecule has 0 amide bonds. The molecular formula is C20H45N7. The molecule has 0 unspecified atom stereocenters. The Bertz CT molecular complexity index is 337. The third-order valence-corrected chi connectivity index (χ3v) is 6.11. The topological polar surface area (TPSA) is 75.4 Å². The first-order valence-corrected chi connectivity index (χ1v) is 11.0. The van der Waals surface area contributed by atoms with Crippen LogP contribution in [0.5, 0.6) is 0 Å². The van der Waals surface area contributed by atoms with Crippen molar-refractivity contribution in [2.75, 3.05) is 78.9 Å². The van der Waals surface area contributed by atoms with Crippen LogP contribution < -0.4 is 31.9 Å². The highest BCUT2D eigenvalue weighted by Gasteiger charge is 2.40. The van der Waals surface area contributed by atoms with Gasteiger partial charge in [-0.15, -0.1) is 0 Å². The van der Waals surface area contributed by atoms with E-state index in [0.29, 0.717) is 0 Å². The van der Waals surface area contributed by atoms with Crippen LogP contribution >= 0.6 is 0 Å². The summed E-state index contributed by atoms with van der Waals surface area (Å²) in [7, 11) is 0. The zero-order valence-electron chi connectivity index (χ0n) is 18.1. The van der Waals surface area contributed by atoms with Crippen LogP contribution in [0.1, 0.15) is 40.0 Å². The monoisotopic (exact) mass is 383 g/mol. The van der Waals surface area contributed by atoms with E-state index >= 15 is 0 Å². The molecule has 3 rings (SSSR count). The molecule has 160 valence electrons. The van der Waals surface area contributed by atoms with Crippen LogP contribution in [-0.4, -0.2) is 83.8 Å². The molecule has 0 aromatic heterocycles. The molecule has 0 atom stereocenters. The van der Waals surface area contributed by atoms with Gasteiger partial charge in [0.1, 0.15) is 0 Å². The minimum atomic E-state index is 0.201. The van der Waals surface area contributed by atoms with Crippen LogP contribution in [0.3, 0.4) is 0 Å². The van der Waals surface area contributed by atoms with Gasteiger partial charge in [0.05, 0.1) is 20.0 Å². The van der Waals surface area contributed by atoms with E-state index in [1.807, 2.05) is 0 Å². The lowest BCUT2D eigenvalue weighted by atomic mass is 9.66. The van der Waals surface area contributed by atoms with Crippen molar-refractivity contribution in [1.82, 2.24) is 36.8 Å². The molecule has 3 fully saturated rings. The number of hydrogen-bond donors (Lipinski definition) is 6. The zero-order valence-corrected chi connectivity index (χ0v) is 18.1. The van der Waals surface area contributed by atoms with Gasteiger partial charge < -0.3 is 31.9 Å². The van der Waals surface area contributed by atoms with E-state index in [1.54, 1.807) is 0 Å². The summed E-state index contributed by atoms with van der Waals surface area (Å²) in [5, 5.41) is 22.1. The van der Waals surface area contributed by atoms with Crippen LogP contribution in [0, 0.1) is 10.8 Å². The molecule has 3 aliphatic heterocycles. The van der Waals surface area contributed by atoms with Gasteiger partial charge in [0.2, 0.25) is 0 Å². The first kappa shape index (κ1) is 23.0. The average molecular weight is 384 g/mol. The van der Waals surface area contributed by atoms with Crippen molar-refractivity contribution in [3.05, 3.63) is 0 Å². The van der Waals surface area contributed by atoms with Crippen LogP contribution in [0.25, 0.3) is 0 Å². The predicted molar refractivity (Wildman–Crippen MR) is 115 cm³/mol. The van der Waals surface area contributed by atoms with Crippen molar-refractivity contribution < 1.29 is 0 Å². The van der Waals surface area contributed by atoms with Gasteiger partial charge in [-0.2, -0.15) is 0 Å². The van der Waals surface area contributed by atoms with E-state index in [4.69, 9.17) is 0 Å². The third-order valence-electron chi connectivity index (χ3n) is 6.11. The van der Waals surface area contributed by atoms with E-state index < -0.39 is 0 Å². The fourth-order valence-electron chi connectivity index (χ4n) is 3.86. The maximum atomic E-state index is 3.77. The summed E-state index contributed by atoms with van der Waals surface area (Å²) in [5.41, 5.74) is 0.429. The Kier molecular flexibility index (Phi) is 10.5. The maximum absolute atomic E-state index is 3.77. The maximum Gasteiger partial charge on any atom is 0.0505 e. The molecule has 6 N–H and O–H groups in total. The van der Waals surface area contributed by atoms with Crippen molar-refractivity contribution in [2.45, 2.75) is 40.0 Å². The van der Waals surface area contributed by atoms with Crippen molar-refractivity contribution in [3.63, 3.8) is 0 Å². The zero-order chi connectivity index (χ0) is 19.4. The Morgan fingerprint density at radius 1 is 0.556 bits per heavy atom. The third kappa shape index (κ3) is 8.31. The number of hydrogen-bond acceptors (Lipinski definition) is 7. The summed E-state index contributed by atoms with van der Waals surface area (Å²) in [6, 6.07) is 0. The van der Waals surface area contributed by atoms with Crippen molar-refractivity contribution in [3.8, 4) is 0 Å². The largest absolute Gasteiger partial charge is 0.316 e. The highest BCUT2D eigenvalue weighted by atomic mass is 15.3. The Hall–Kier alpha value is -0.280. The van der Waals surface area contributed by atoms with Gasteiger partial charge in [0.25, 0.3) is 0 Å². The van der Waals surface area contributed by atoms with E-state index in [-0.39, 0.29) is 10.8 Å². The number of nitrogens with one attached hydrogen (secondary N) is 6. The molecule has 0 aromatic carbocycles. The van der Waals surface area contributed by atoms with Gasteiger partial charge in [0.15, 0.2) is 0 Å². The summed E-state index contributed by atoms with van der Waals surface area (Å²) in [4.78, 5) is 2.41. The van der Waals surface area contributed by atoms with Gasteiger partial charge in [-0.3, -0.25) is 4.90 Å². The van der Waals surface area contributed by atoms with Gasteiger partial charge in [-0.05, 0) is 63.9 Å². The van der Waals surface area contributed by atoms with Crippen molar-refractivity contribution in [1.29, 1.82) is 0 Å². The second kappa shape index (κ2) is 12.3. The van der Waals surface area contributed by atoms with E-state index in [1.165, 1.54) is 0 Å². The molecule has 0 aromatic rings. The molecular weight excluding hydrogens is 338 g/mol. The van der Waals surface area contributed by atoms with Crippen LogP contribution in [-0.2, 0) is 0 Å². The lowest BCUT2D eigenvalue weighted by Crippen LogP contribution is -2.56. The van der Waals surface area contributed by atoms with Crippen LogP contribution in [0.15, 0.2) is 0 Å². The minimum absolute atomic E-state index is 0.201. The van der Waals surface area contributed by atoms with E-state index in [9.17, 15) is 0 Å². The summed E-state index contributed by atoms with van der Waals surface area (Å²) >= 11 is 0. The highest BCUT2D eigenvalue weighted by molar-refractivity contribution is 4.95. The molecule has 0 radical (unpaired) electrons. The standard InChI is InChI=1S/C20H45N7/c1-19(2,3)20-13-21-7-4-10-24-16-27(17-25-11-5-8-22-14-20)18-26-12-6-9-23-15-20/h21-26H,4-18H2,1-3H3. The number of nitrogens with zero attached hydrogens (tertiary/aromatic N) is 1. The molecule has 3 aliphatic rings. The molecule has 27 heavy (non-hydrogen) atoms. The second-order valence-electron chi connectivity index (χ2n) is 9.27. The molecule has 3 saturated heterocycles. The minimum Gasteiger partial charge on any atom is -0.316 e. The molecule has 7 heteroatoms. The molecule has 0 spiro atoms. The lowest BCUT2D eigenvalue weighted by Gasteiger charge is -2.46. The van der Waals surface area contributed by atoms with Gasteiger partial charge in [-0.25, -0.2) is 0 Å². The van der Waals surface area contributed by atoms with Gasteiger partial charge >= 0.3 is 0 Å². The van der Waals surface area contributed by atoms with Crippen LogP contribution in [0.2, 0.25) is 0 Å². The first-order valence-electron chi connectivity index (χ1n) is 11.0. The van der Waals surface area contributed by atoms with E-state index in [2.05, 4.69) is 57.6 Å². The first-order chi connectivity index (χ1) is 13.0. The lowest BCUT2D eigenvalue weighted by molar-refractivity contribution is 0.0808. The molecule has 2 bridgehead atoms. The van der Waals surface area contributed by atoms with E-state index in [0.717, 1.165) is 98.2 Å². The average Bonchev–Trinajstić information content (AvgIpc) is 2.61. The fraction of sp³-hybridized carbons (Fsp3) is 1.00. The quantitative estimate of drug-likeness (QED) is 0.350. The summed E-state index contributed by atoms with van der Waals surface area (Å²) in [6.07, 6.45) is 3.49. The summed E-state index contributed by atoms with van der Waals surface area (Å²) < 4.78 is 0. The Balaban J connectivity index is 2.10. The van der Waals surface area contributed by atoms with Crippen molar-refractivity contribution in [2.24, 2.45) is 10.8 Å². The number of rotatable bonds is 0. The van der Waals surface area contributed by atoms with Gasteiger partial charge in [0, 0.05) is 25.0 Å². The summed E-state index contributed by atoms with van der Waals surface area (Å²) in [5.74, 6) is 0. The fourth-order valence-corrected chi connectivity index (χ4v) is 3.86. The predicted octanol–water partition coefficient (Wildman–Crippen LogP) is -0.0715. The Morgan fingerprint density at radius 2 is 0.889 bits per heavy atom. The van der Waals surface area contributed by atoms with Crippen LogP contribution in [0.4, 0.5) is 0 Å². The SMILES string of the molecule is CC(C)(C)C12CNCCCNCN(CNCCCNC1)CNCCCNC2. The Morgan fingerprint density at radius 3 is 1.22 bits per heavy atom. The van der Waals surface area contributed by atoms with Gasteiger partial charge in [-0.1, -0.05) is 20.8 Å². The Labute approximate surface area is 167 Å². The normalized spacial score (nSPS) is 31.9. The van der Waals surface area contributed by atoms with Crippen molar-refractivity contribution >= 4 is 0 Å². The summed E-state index contributed by atoms with van der Waals surface area (Å²) in [6.45, 7) is 19.5. The number of fused-ring (bicyclic) bond motifs is 18. The molecule has 0 aliphatic carbocycles. The molecule has 3 heterocycles. The molecule has 0 saturated carbocycles. The molecule has 7 nitrogen and oxygen atoms in total. The highest BCUT2D eigenvalue weighted by Crippen LogP contribution is 2.37. The smallest absolute Gasteiger partial charge is 0.0505 e. The second-order valence-corrected chi connectivity index (χ2v) is 9.27.